The number of nitrogens with two attached hydrogens (primary N) is 1. The maximum Gasteiger partial charge on any atom is 0.232 e. The standard InChI is InChI=1S/C8H11N3O2/c1-8(3-9)4-11(5-8)7(13)2-6(10)12/h2,4-5H2,1H3,(H2,10,12). The minimum absolute atomic E-state index is 0.262. The van der Waals surface area contributed by atoms with Crippen molar-refractivity contribution in [1.29, 1.82) is 5.26 Å². The van der Waals surface area contributed by atoms with E-state index in [9.17, 15) is 9.59 Å². The number of nitriles is 1. The minimum Gasteiger partial charge on any atom is -0.369 e. The molecule has 5 nitrogen and oxygen atoms in total. The van der Waals surface area contributed by atoms with Crippen LogP contribution >= 0.6 is 0 Å². The first-order chi connectivity index (χ1) is 5.97. The summed E-state index contributed by atoms with van der Waals surface area (Å²) in [6, 6.07) is 2.11. The van der Waals surface area contributed by atoms with Gasteiger partial charge in [-0.1, -0.05) is 0 Å². The number of likely N-dealkylation sites (tertiary alicyclic amines) is 1. The molecule has 0 spiro atoms. The molecule has 0 aliphatic carbocycles. The van der Waals surface area contributed by atoms with Crippen LogP contribution in [0.4, 0.5) is 0 Å². The van der Waals surface area contributed by atoms with Crippen molar-refractivity contribution in [2.75, 3.05) is 13.1 Å². The van der Waals surface area contributed by atoms with Gasteiger partial charge in [-0.3, -0.25) is 9.59 Å². The largest absolute Gasteiger partial charge is 0.369 e. The van der Waals surface area contributed by atoms with Crippen molar-refractivity contribution in [2.24, 2.45) is 11.1 Å². The molecule has 70 valence electrons. The van der Waals surface area contributed by atoms with Gasteiger partial charge in [-0.25, -0.2) is 0 Å². The van der Waals surface area contributed by atoms with E-state index in [1.807, 2.05) is 0 Å². The zero-order valence-corrected chi connectivity index (χ0v) is 7.41. The molecule has 2 amide bonds. The predicted octanol–water partition coefficient (Wildman–Crippen LogP) is -0.766. The van der Waals surface area contributed by atoms with Crippen molar-refractivity contribution in [1.82, 2.24) is 4.90 Å². The van der Waals surface area contributed by atoms with Gasteiger partial charge in [-0.05, 0) is 6.92 Å². The van der Waals surface area contributed by atoms with E-state index >= 15 is 0 Å². The van der Waals surface area contributed by atoms with E-state index < -0.39 is 11.3 Å². The minimum atomic E-state index is -0.629. The Hall–Kier alpha value is -1.57. The number of amides is 2. The monoisotopic (exact) mass is 181 g/mol. The lowest BCUT2D eigenvalue weighted by Crippen LogP contribution is -2.56. The van der Waals surface area contributed by atoms with Crippen LogP contribution in [0.25, 0.3) is 0 Å². The molecule has 1 saturated heterocycles. The topological polar surface area (TPSA) is 87.2 Å². The second kappa shape index (κ2) is 3.05. The van der Waals surface area contributed by atoms with Crippen LogP contribution in [0.3, 0.4) is 0 Å². The molecule has 1 fully saturated rings. The fourth-order valence-electron chi connectivity index (χ4n) is 1.30. The van der Waals surface area contributed by atoms with Gasteiger partial charge in [0.2, 0.25) is 11.8 Å². The van der Waals surface area contributed by atoms with Crippen molar-refractivity contribution in [3.05, 3.63) is 0 Å². The molecule has 1 heterocycles. The summed E-state index contributed by atoms with van der Waals surface area (Å²) in [5.41, 5.74) is 4.42. The SMILES string of the molecule is CC1(C#N)CN(C(=O)CC(N)=O)C1. The van der Waals surface area contributed by atoms with Gasteiger partial charge >= 0.3 is 0 Å². The van der Waals surface area contributed by atoms with Crippen LogP contribution in [-0.2, 0) is 9.59 Å². The lowest BCUT2D eigenvalue weighted by atomic mass is 9.83. The van der Waals surface area contributed by atoms with Crippen LogP contribution in [0.5, 0.6) is 0 Å². The summed E-state index contributed by atoms with van der Waals surface area (Å²) in [7, 11) is 0. The summed E-state index contributed by atoms with van der Waals surface area (Å²) < 4.78 is 0. The molecule has 13 heavy (non-hydrogen) atoms. The number of carbonyl (C=O) groups excluding carboxylic acids is 2. The molecule has 0 aromatic heterocycles. The first-order valence-electron chi connectivity index (χ1n) is 3.94. The van der Waals surface area contributed by atoms with Crippen LogP contribution in [0.15, 0.2) is 0 Å². The van der Waals surface area contributed by atoms with Crippen LogP contribution in [0.2, 0.25) is 0 Å². The van der Waals surface area contributed by atoms with Crippen molar-refractivity contribution in [3.63, 3.8) is 0 Å². The Kier molecular flexibility index (Phi) is 2.24. The summed E-state index contributed by atoms with van der Waals surface area (Å²) in [5.74, 6) is -0.921. The fraction of sp³-hybridized carbons (Fsp3) is 0.625. The maximum atomic E-state index is 11.2. The summed E-state index contributed by atoms with van der Waals surface area (Å²) in [6.45, 7) is 2.58. The van der Waals surface area contributed by atoms with Crippen molar-refractivity contribution in [2.45, 2.75) is 13.3 Å². The molecule has 2 N–H and O–H groups in total. The predicted molar refractivity (Wildman–Crippen MR) is 44.1 cm³/mol. The summed E-state index contributed by atoms with van der Waals surface area (Å²) in [6.07, 6.45) is -0.262. The Morgan fingerprint density at radius 3 is 2.54 bits per heavy atom. The molecule has 0 radical (unpaired) electrons. The fourth-order valence-corrected chi connectivity index (χ4v) is 1.30. The highest BCUT2D eigenvalue weighted by atomic mass is 16.2. The normalized spacial score (nSPS) is 18.6. The Morgan fingerprint density at radius 2 is 2.15 bits per heavy atom. The average Bonchev–Trinajstić information content (AvgIpc) is 1.97. The third-order valence-electron chi connectivity index (χ3n) is 2.03. The summed E-state index contributed by atoms with van der Waals surface area (Å²) >= 11 is 0. The molecule has 0 bridgehead atoms. The molecule has 0 aromatic rings. The van der Waals surface area contributed by atoms with E-state index in [4.69, 9.17) is 11.0 Å². The van der Waals surface area contributed by atoms with Crippen molar-refractivity contribution < 1.29 is 9.59 Å². The highest BCUT2D eigenvalue weighted by Gasteiger charge is 2.41. The van der Waals surface area contributed by atoms with Gasteiger partial charge in [0, 0.05) is 13.1 Å². The van der Waals surface area contributed by atoms with Gasteiger partial charge in [0.15, 0.2) is 0 Å². The first-order valence-corrected chi connectivity index (χ1v) is 3.94. The first kappa shape index (κ1) is 9.52. The Bertz CT molecular complexity index is 286. The highest BCUT2D eigenvalue weighted by molar-refractivity contribution is 5.96. The number of rotatable bonds is 2. The van der Waals surface area contributed by atoms with E-state index in [2.05, 4.69) is 6.07 Å². The molecular weight excluding hydrogens is 170 g/mol. The second-order valence-corrected chi connectivity index (χ2v) is 3.57. The maximum absolute atomic E-state index is 11.2. The Labute approximate surface area is 76.1 Å². The number of hydrogen-bond donors (Lipinski definition) is 1. The molecule has 0 aromatic carbocycles. The van der Waals surface area contributed by atoms with Gasteiger partial charge < -0.3 is 10.6 Å². The van der Waals surface area contributed by atoms with Gasteiger partial charge in [0.1, 0.15) is 6.42 Å². The zero-order chi connectivity index (χ0) is 10.1. The quantitative estimate of drug-likeness (QED) is 0.567. The van der Waals surface area contributed by atoms with E-state index in [0.29, 0.717) is 13.1 Å². The lowest BCUT2D eigenvalue weighted by molar-refractivity contribution is -0.142. The molecule has 0 atom stereocenters. The third-order valence-corrected chi connectivity index (χ3v) is 2.03. The smallest absolute Gasteiger partial charge is 0.232 e. The van der Waals surface area contributed by atoms with Crippen LogP contribution in [0, 0.1) is 16.7 Å². The second-order valence-electron chi connectivity index (χ2n) is 3.57. The third kappa shape index (κ3) is 1.96. The molecular formula is C8H11N3O2. The number of primary amides is 1. The van der Waals surface area contributed by atoms with Crippen LogP contribution in [-0.4, -0.2) is 29.8 Å². The van der Waals surface area contributed by atoms with E-state index in [0.717, 1.165) is 0 Å². The zero-order valence-electron chi connectivity index (χ0n) is 7.41. The molecule has 1 aliphatic rings. The molecule has 0 saturated carbocycles. The van der Waals surface area contributed by atoms with E-state index in [1.165, 1.54) is 4.90 Å². The lowest BCUT2D eigenvalue weighted by Gasteiger charge is -2.43. The van der Waals surface area contributed by atoms with E-state index in [1.54, 1.807) is 6.92 Å². The van der Waals surface area contributed by atoms with E-state index in [-0.39, 0.29) is 12.3 Å². The van der Waals surface area contributed by atoms with Gasteiger partial charge in [0.05, 0.1) is 11.5 Å². The molecule has 1 rings (SSSR count). The van der Waals surface area contributed by atoms with Gasteiger partial charge in [-0.15, -0.1) is 0 Å². The summed E-state index contributed by atoms with van der Waals surface area (Å²) in [5, 5.41) is 8.65. The number of hydrogen-bond acceptors (Lipinski definition) is 3. The van der Waals surface area contributed by atoms with Crippen molar-refractivity contribution >= 4 is 11.8 Å². The van der Waals surface area contributed by atoms with Crippen LogP contribution in [0.1, 0.15) is 13.3 Å². The molecule has 1 aliphatic heterocycles. The van der Waals surface area contributed by atoms with Gasteiger partial charge in [-0.2, -0.15) is 5.26 Å². The average molecular weight is 181 g/mol. The molecule has 5 heteroatoms. The highest BCUT2D eigenvalue weighted by Crippen LogP contribution is 2.28. The Balaban J connectivity index is 2.40. The van der Waals surface area contributed by atoms with Crippen molar-refractivity contribution in [3.8, 4) is 6.07 Å². The summed E-state index contributed by atoms with van der Waals surface area (Å²) in [4.78, 5) is 23.0. The van der Waals surface area contributed by atoms with Gasteiger partial charge in [0.25, 0.3) is 0 Å². The number of nitrogens with zero attached hydrogens (tertiary/aromatic N) is 2. The Morgan fingerprint density at radius 1 is 1.62 bits per heavy atom. The molecule has 0 unspecified atom stereocenters. The van der Waals surface area contributed by atoms with Crippen LogP contribution < -0.4 is 5.73 Å². The number of carbonyl (C=O) groups is 2.